The van der Waals surface area contributed by atoms with E-state index >= 15 is 0 Å². The number of nitrogens with one attached hydrogen (secondary N) is 1. The SMILES string of the molecule is Cc1cc(Oc2cccc(NC(C)(C)C)n2)ccc1Br. The molecule has 3 nitrogen and oxygen atoms in total. The number of aryl methyl sites for hydroxylation is 1. The van der Waals surface area contributed by atoms with Gasteiger partial charge < -0.3 is 10.1 Å². The van der Waals surface area contributed by atoms with Crippen LogP contribution < -0.4 is 10.1 Å². The van der Waals surface area contributed by atoms with Gasteiger partial charge in [-0.05, 0) is 57.5 Å². The molecule has 0 radical (unpaired) electrons. The topological polar surface area (TPSA) is 34.1 Å². The van der Waals surface area contributed by atoms with Crippen molar-refractivity contribution in [2.24, 2.45) is 0 Å². The number of rotatable bonds is 3. The standard InChI is InChI=1S/C16H19BrN2O/c1-11-10-12(8-9-13(11)17)20-15-7-5-6-14(18-15)19-16(2,3)4/h5-10H,1-4H3,(H,18,19). The smallest absolute Gasteiger partial charge is 0.221 e. The predicted octanol–water partition coefficient (Wildman–Crippen LogP) is 5.16. The highest BCUT2D eigenvalue weighted by molar-refractivity contribution is 9.10. The minimum absolute atomic E-state index is 0.0280. The fraction of sp³-hybridized carbons (Fsp3) is 0.312. The maximum Gasteiger partial charge on any atom is 0.221 e. The van der Waals surface area contributed by atoms with Crippen LogP contribution in [0, 0.1) is 6.92 Å². The molecule has 0 amide bonds. The number of nitrogens with zero attached hydrogens (tertiary/aromatic N) is 1. The summed E-state index contributed by atoms with van der Waals surface area (Å²) in [6.45, 7) is 8.32. The van der Waals surface area contributed by atoms with Crippen LogP contribution in [0.5, 0.6) is 11.6 Å². The fourth-order valence-electron chi connectivity index (χ4n) is 1.73. The van der Waals surface area contributed by atoms with E-state index in [0.29, 0.717) is 5.88 Å². The van der Waals surface area contributed by atoms with Gasteiger partial charge in [-0.1, -0.05) is 22.0 Å². The Labute approximate surface area is 128 Å². The minimum atomic E-state index is -0.0280. The summed E-state index contributed by atoms with van der Waals surface area (Å²) in [5.74, 6) is 2.18. The molecule has 1 aromatic carbocycles. The Kier molecular flexibility index (Phi) is 4.33. The van der Waals surface area contributed by atoms with Crippen molar-refractivity contribution in [2.45, 2.75) is 33.2 Å². The first-order valence-electron chi connectivity index (χ1n) is 6.53. The lowest BCUT2D eigenvalue weighted by atomic mass is 10.1. The average molecular weight is 335 g/mol. The summed E-state index contributed by atoms with van der Waals surface area (Å²) in [7, 11) is 0. The van der Waals surface area contributed by atoms with Gasteiger partial charge in [-0.25, -0.2) is 0 Å². The van der Waals surface area contributed by atoms with Crippen LogP contribution >= 0.6 is 15.9 Å². The Hall–Kier alpha value is -1.55. The van der Waals surface area contributed by atoms with E-state index in [1.165, 1.54) is 0 Å². The summed E-state index contributed by atoms with van der Waals surface area (Å²) < 4.78 is 6.87. The van der Waals surface area contributed by atoms with E-state index in [9.17, 15) is 0 Å². The largest absolute Gasteiger partial charge is 0.439 e. The molecule has 0 aliphatic carbocycles. The van der Waals surface area contributed by atoms with Crippen molar-refractivity contribution in [3.63, 3.8) is 0 Å². The zero-order chi connectivity index (χ0) is 14.8. The minimum Gasteiger partial charge on any atom is -0.439 e. The maximum atomic E-state index is 5.80. The van der Waals surface area contributed by atoms with Crippen LogP contribution in [0.2, 0.25) is 0 Å². The average Bonchev–Trinajstić information content (AvgIpc) is 2.32. The molecular formula is C16H19BrN2O. The monoisotopic (exact) mass is 334 g/mol. The predicted molar refractivity (Wildman–Crippen MR) is 86.6 cm³/mol. The van der Waals surface area contributed by atoms with E-state index in [4.69, 9.17) is 4.74 Å². The molecular weight excluding hydrogens is 316 g/mol. The van der Waals surface area contributed by atoms with Gasteiger partial charge in [0.2, 0.25) is 5.88 Å². The molecule has 2 aromatic rings. The zero-order valence-electron chi connectivity index (χ0n) is 12.2. The van der Waals surface area contributed by atoms with Gasteiger partial charge in [-0.3, -0.25) is 0 Å². The third-order valence-corrected chi connectivity index (χ3v) is 3.47. The second-order valence-corrected chi connectivity index (χ2v) is 6.60. The lowest BCUT2D eigenvalue weighted by Gasteiger charge is -2.21. The van der Waals surface area contributed by atoms with Crippen molar-refractivity contribution in [3.05, 3.63) is 46.4 Å². The Morgan fingerprint density at radius 1 is 1.15 bits per heavy atom. The van der Waals surface area contributed by atoms with E-state index in [1.807, 2.05) is 43.3 Å². The number of hydrogen-bond donors (Lipinski definition) is 1. The van der Waals surface area contributed by atoms with Crippen LogP contribution in [0.4, 0.5) is 5.82 Å². The van der Waals surface area contributed by atoms with E-state index in [1.54, 1.807) is 0 Å². The van der Waals surface area contributed by atoms with E-state index in [2.05, 4.69) is 47.0 Å². The van der Waals surface area contributed by atoms with E-state index in [0.717, 1.165) is 21.6 Å². The van der Waals surface area contributed by atoms with Crippen LogP contribution in [0.1, 0.15) is 26.3 Å². The van der Waals surface area contributed by atoms with Gasteiger partial charge in [-0.2, -0.15) is 4.98 Å². The molecule has 1 heterocycles. The molecule has 0 saturated carbocycles. The summed E-state index contributed by atoms with van der Waals surface area (Å²) in [5, 5.41) is 3.33. The van der Waals surface area contributed by atoms with Crippen LogP contribution in [0.15, 0.2) is 40.9 Å². The third kappa shape index (κ3) is 4.23. The quantitative estimate of drug-likeness (QED) is 0.842. The number of aromatic nitrogens is 1. The molecule has 4 heteroatoms. The molecule has 0 saturated heterocycles. The summed E-state index contributed by atoms with van der Waals surface area (Å²) in [6.07, 6.45) is 0. The highest BCUT2D eigenvalue weighted by Crippen LogP contribution is 2.26. The summed E-state index contributed by atoms with van der Waals surface area (Å²) >= 11 is 3.48. The summed E-state index contributed by atoms with van der Waals surface area (Å²) in [5.41, 5.74) is 1.10. The Balaban J connectivity index is 2.17. The molecule has 0 aliphatic rings. The number of benzene rings is 1. The Bertz CT molecular complexity index is 606. The highest BCUT2D eigenvalue weighted by Gasteiger charge is 2.10. The Morgan fingerprint density at radius 2 is 1.90 bits per heavy atom. The van der Waals surface area contributed by atoms with Crippen LogP contribution in [-0.4, -0.2) is 10.5 Å². The van der Waals surface area contributed by atoms with Gasteiger partial charge in [0.15, 0.2) is 0 Å². The first-order valence-corrected chi connectivity index (χ1v) is 7.32. The van der Waals surface area contributed by atoms with Crippen molar-refractivity contribution in [1.82, 2.24) is 4.98 Å². The number of ether oxygens (including phenoxy) is 1. The second-order valence-electron chi connectivity index (χ2n) is 5.75. The number of pyridine rings is 1. The molecule has 0 spiro atoms. The molecule has 0 atom stereocenters. The van der Waals surface area contributed by atoms with Crippen molar-refractivity contribution in [1.29, 1.82) is 0 Å². The molecule has 0 bridgehead atoms. The van der Waals surface area contributed by atoms with Crippen LogP contribution in [-0.2, 0) is 0 Å². The Morgan fingerprint density at radius 3 is 2.55 bits per heavy atom. The molecule has 0 fully saturated rings. The first-order chi connectivity index (χ1) is 9.33. The number of hydrogen-bond acceptors (Lipinski definition) is 3. The molecule has 0 unspecified atom stereocenters. The molecule has 1 aromatic heterocycles. The summed E-state index contributed by atoms with van der Waals surface area (Å²) in [4.78, 5) is 4.46. The molecule has 106 valence electrons. The van der Waals surface area contributed by atoms with Gasteiger partial charge in [0.05, 0.1) is 0 Å². The van der Waals surface area contributed by atoms with E-state index < -0.39 is 0 Å². The molecule has 20 heavy (non-hydrogen) atoms. The number of anilines is 1. The van der Waals surface area contributed by atoms with Gasteiger partial charge in [-0.15, -0.1) is 0 Å². The maximum absolute atomic E-state index is 5.80. The van der Waals surface area contributed by atoms with Crippen molar-refractivity contribution in [3.8, 4) is 11.6 Å². The molecule has 1 N–H and O–H groups in total. The van der Waals surface area contributed by atoms with Crippen molar-refractivity contribution < 1.29 is 4.74 Å². The van der Waals surface area contributed by atoms with Gasteiger partial charge in [0, 0.05) is 16.1 Å². The van der Waals surface area contributed by atoms with E-state index in [-0.39, 0.29) is 5.54 Å². The van der Waals surface area contributed by atoms with Crippen molar-refractivity contribution in [2.75, 3.05) is 5.32 Å². The lowest BCUT2D eigenvalue weighted by Crippen LogP contribution is -2.26. The molecule has 0 aliphatic heterocycles. The van der Waals surface area contributed by atoms with Gasteiger partial charge in [0.1, 0.15) is 11.6 Å². The second kappa shape index (κ2) is 5.83. The highest BCUT2D eigenvalue weighted by atomic mass is 79.9. The first kappa shape index (κ1) is 14.9. The lowest BCUT2D eigenvalue weighted by molar-refractivity contribution is 0.462. The van der Waals surface area contributed by atoms with Gasteiger partial charge >= 0.3 is 0 Å². The normalized spacial score (nSPS) is 11.2. The van der Waals surface area contributed by atoms with Gasteiger partial charge in [0.25, 0.3) is 0 Å². The zero-order valence-corrected chi connectivity index (χ0v) is 13.8. The third-order valence-electron chi connectivity index (χ3n) is 2.58. The van der Waals surface area contributed by atoms with Crippen molar-refractivity contribution >= 4 is 21.7 Å². The van der Waals surface area contributed by atoms with Crippen LogP contribution in [0.3, 0.4) is 0 Å². The van der Waals surface area contributed by atoms with Crippen LogP contribution in [0.25, 0.3) is 0 Å². The summed E-state index contributed by atoms with van der Waals surface area (Å²) in [6, 6.07) is 11.6. The number of halogens is 1. The molecule has 2 rings (SSSR count). The fourth-order valence-corrected chi connectivity index (χ4v) is 1.97.